The third-order valence-corrected chi connectivity index (χ3v) is 3.36. The van der Waals surface area contributed by atoms with Crippen LogP contribution in [0, 0.1) is 0 Å². The van der Waals surface area contributed by atoms with Crippen LogP contribution in [0.15, 0.2) is 53.0 Å². The van der Waals surface area contributed by atoms with Crippen molar-refractivity contribution in [2.24, 2.45) is 0 Å². The Labute approximate surface area is 112 Å². The third-order valence-electron chi connectivity index (χ3n) is 2.86. The molecular formula is C14H8BrNO2. The van der Waals surface area contributed by atoms with Crippen LogP contribution >= 0.6 is 15.9 Å². The van der Waals surface area contributed by atoms with Crippen molar-refractivity contribution in [1.82, 2.24) is 0 Å². The predicted octanol–water partition coefficient (Wildman–Crippen LogP) is 3.25. The molecule has 0 N–H and O–H groups in total. The Hall–Kier alpha value is -1.94. The number of anilines is 1. The van der Waals surface area contributed by atoms with E-state index in [4.69, 9.17) is 0 Å². The van der Waals surface area contributed by atoms with E-state index in [2.05, 4.69) is 15.9 Å². The summed E-state index contributed by atoms with van der Waals surface area (Å²) in [4.78, 5) is 25.7. The van der Waals surface area contributed by atoms with Crippen LogP contribution in [0.25, 0.3) is 0 Å². The first-order valence-corrected chi connectivity index (χ1v) is 6.21. The van der Waals surface area contributed by atoms with Crippen molar-refractivity contribution >= 4 is 33.4 Å². The summed E-state index contributed by atoms with van der Waals surface area (Å²) in [6.45, 7) is 0. The molecule has 4 heteroatoms. The summed E-state index contributed by atoms with van der Waals surface area (Å²) in [5, 5.41) is 0. The minimum Gasteiger partial charge on any atom is -0.268 e. The largest absolute Gasteiger partial charge is 0.268 e. The monoisotopic (exact) mass is 301 g/mol. The van der Waals surface area contributed by atoms with Crippen molar-refractivity contribution in [2.45, 2.75) is 0 Å². The third kappa shape index (κ3) is 1.57. The van der Waals surface area contributed by atoms with E-state index in [1.54, 1.807) is 42.5 Å². The van der Waals surface area contributed by atoms with Crippen molar-refractivity contribution in [1.29, 1.82) is 0 Å². The van der Waals surface area contributed by atoms with Crippen LogP contribution in [0.1, 0.15) is 20.7 Å². The highest BCUT2D eigenvalue weighted by molar-refractivity contribution is 9.10. The van der Waals surface area contributed by atoms with Gasteiger partial charge in [0.05, 0.1) is 16.8 Å². The standard InChI is InChI=1S/C14H8BrNO2/c15-9-6-7-11-12(8-9)14(18)16(13(11)17)10-4-2-1-3-5-10/h1-8H. The van der Waals surface area contributed by atoms with Gasteiger partial charge in [-0.1, -0.05) is 34.1 Å². The lowest BCUT2D eigenvalue weighted by Gasteiger charge is -2.13. The van der Waals surface area contributed by atoms with Gasteiger partial charge in [-0.2, -0.15) is 0 Å². The Balaban J connectivity index is 2.13. The summed E-state index contributed by atoms with van der Waals surface area (Å²) < 4.78 is 0.789. The molecule has 2 aromatic rings. The van der Waals surface area contributed by atoms with Crippen LogP contribution in [0.2, 0.25) is 0 Å². The van der Waals surface area contributed by atoms with Gasteiger partial charge in [0.1, 0.15) is 0 Å². The lowest BCUT2D eigenvalue weighted by atomic mass is 10.1. The zero-order valence-corrected chi connectivity index (χ0v) is 10.8. The number of nitrogens with zero attached hydrogens (tertiary/aromatic N) is 1. The lowest BCUT2D eigenvalue weighted by molar-refractivity contribution is 0.0926. The van der Waals surface area contributed by atoms with Gasteiger partial charge >= 0.3 is 0 Å². The van der Waals surface area contributed by atoms with Crippen LogP contribution in [0.5, 0.6) is 0 Å². The number of para-hydroxylation sites is 1. The summed E-state index contributed by atoms with van der Waals surface area (Å²) in [6.07, 6.45) is 0. The highest BCUT2D eigenvalue weighted by Crippen LogP contribution is 2.29. The van der Waals surface area contributed by atoms with E-state index in [1.807, 2.05) is 6.07 Å². The number of hydrogen-bond acceptors (Lipinski definition) is 2. The fourth-order valence-electron chi connectivity index (χ4n) is 2.02. The Morgan fingerprint density at radius 3 is 2.22 bits per heavy atom. The molecule has 0 fully saturated rings. The Kier molecular flexibility index (Phi) is 2.52. The maximum atomic E-state index is 12.2. The van der Waals surface area contributed by atoms with Gasteiger partial charge in [0.25, 0.3) is 11.8 Å². The van der Waals surface area contributed by atoms with Crippen LogP contribution in [-0.4, -0.2) is 11.8 Å². The summed E-state index contributed by atoms with van der Waals surface area (Å²) in [6, 6.07) is 14.1. The van der Waals surface area contributed by atoms with E-state index >= 15 is 0 Å². The van der Waals surface area contributed by atoms with Gasteiger partial charge in [0.2, 0.25) is 0 Å². The van der Waals surface area contributed by atoms with Crippen molar-refractivity contribution < 1.29 is 9.59 Å². The molecule has 0 aliphatic carbocycles. The predicted molar refractivity (Wildman–Crippen MR) is 71.7 cm³/mol. The number of halogens is 1. The zero-order chi connectivity index (χ0) is 12.7. The molecular weight excluding hydrogens is 294 g/mol. The molecule has 2 amide bonds. The van der Waals surface area contributed by atoms with Crippen molar-refractivity contribution in [2.75, 3.05) is 4.90 Å². The topological polar surface area (TPSA) is 37.4 Å². The molecule has 0 saturated heterocycles. The smallest absolute Gasteiger partial charge is 0.266 e. The zero-order valence-electron chi connectivity index (χ0n) is 9.26. The average molecular weight is 302 g/mol. The van der Waals surface area contributed by atoms with Gasteiger partial charge in [0.15, 0.2) is 0 Å². The molecule has 0 atom stereocenters. The first-order valence-electron chi connectivity index (χ1n) is 5.42. The summed E-state index contributed by atoms with van der Waals surface area (Å²) >= 11 is 3.31. The molecule has 0 unspecified atom stereocenters. The second-order valence-electron chi connectivity index (χ2n) is 3.97. The quantitative estimate of drug-likeness (QED) is 0.758. The normalized spacial score (nSPS) is 13.9. The van der Waals surface area contributed by atoms with E-state index in [-0.39, 0.29) is 11.8 Å². The number of fused-ring (bicyclic) bond motifs is 1. The Morgan fingerprint density at radius 1 is 0.833 bits per heavy atom. The molecule has 0 aromatic heterocycles. The van der Waals surface area contributed by atoms with Gasteiger partial charge in [0, 0.05) is 4.47 Å². The Bertz CT molecular complexity index is 652. The van der Waals surface area contributed by atoms with Gasteiger partial charge in [-0.05, 0) is 30.3 Å². The second-order valence-corrected chi connectivity index (χ2v) is 4.89. The van der Waals surface area contributed by atoms with E-state index < -0.39 is 0 Å². The molecule has 1 aliphatic heterocycles. The molecule has 1 aliphatic rings. The number of benzene rings is 2. The molecule has 1 heterocycles. The van der Waals surface area contributed by atoms with E-state index in [0.29, 0.717) is 16.8 Å². The van der Waals surface area contributed by atoms with Crippen molar-refractivity contribution in [3.63, 3.8) is 0 Å². The highest BCUT2D eigenvalue weighted by atomic mass is 79.9. The van der Waals surface area contributed by atoms with Crippen LogP contribution in [0.4, 0.5) is 5.69 Å². The second kappa shape index (κ2) is 4.07. The van der Waals surface area contributed by atoms with Gasteiger partial charge in [-0.15, -0.1) is 0 Å². The van der Waals surface area contributed by atoms with E-state index in [9.17, 15) is 9.59 Å². The molecule has 18 heavy (non-hydrogen) atoms. The number of hydrogen-bond donors (Lipinski definition) is 0. The number of imide groups is 1. The maximum absolute atomic E-state index is 12.2. The summed E-state index contributed by atoms with van der Waals surface area (Å²) in [5.41, 5.74) is 1.49. The molecule has 3 nitrogen and oxygen atoms in total. The molecule has 0 bridgehead atoms. The first kappa shape index (κ1) is 11.2. The average Bonchev–Trinajstić information content (AvgIpc) is 2.63. The fraction of sp³-hybridized carbons (Fsp3) is 0. The van der Waals surface area contributed by atoms with E-state index in [0.717, 1.165) is 4.47 Å². The van der Waals surface area contributed by atoms with Crippen molar-refractivity contribution in [3.8, 4) is 0 Å². The Morgan fingerprint density at radius 2 is 1.50 bits per heavy atom. The van der Waals surface area contributed by atoms with Gasteiger partial charge < -0.3 is 0 Å². The molecule has 3 rings (SSSR count). The maximum Gasteiger partial charge on any atom is 0.266 e. The fourth-order valence-corrected chi connectivity index (χ4v) is 2.39. The highest BCUT2D eigenvalue weighted by Gasteiger charge is 2.36. The van der Waals surface area contributed by atoms with E-state index in [1.165, 1.54) is 4.90 Å². The number of amides is 2. The SMILES string of the molecule is O=C1c2ccc(Br)cc2C(=O)N1c1ccccc1. The number of rotatable bonds is 1. The lowest BCUT2D eigenvalue weighted by Crippen LogP contribution is -2.29. The molecule has 0 spiro atoms. The molecule has 88 valence electrons. The molecule has 0 saturated carbocycles. The van der Waals surface area contributed by atoms with Crippen molar-refractivity contribution in [3.05, 3.63) is 64.1 Å². The number of carbonyl (C=O) groups excluding carboxylic acids is 2. The summed E-state index contributed by atoms with van der Waals surface area (Å²) in [5.74, 6) is -0.545. The van der Waals surface area contributed by atoms with Gasteiger partial charge in [-0.25, -0.2) is 4.90 Å². The van der Waals surface area contributed by atoms with Crippen LogP contribution in [0.3, 0.4) is 0 Å². The molecule has 0 radical (unpaired) electrons. The number of carbonyl (C=O) groups is 2. The molecule has 2 aromatic carbocycles. The minimum atomic E-state index is -0.275. The van der Waals surface area contributed by atoms with Crippen LogP contribution in [-0.2, 0) is 0 Å². The first-order chi connectivity index (χ1) is 8.68. The van der Waals surface area contributed by atoms with Gasteiger partial charge in [-0.3, -0.25) is 9.59 Å². The minimum absolute atomic E-state index is 0.270. The summed E-state index contributed by atoms with van der Waals surface area (Å²) in [7, 11) is 0. The van der Waals surface area contributed by atoms with Crippen LogP contribution < -0.4 is 4.90 Å².